The van der Waals surface area contributed by atoms with Crippen LogP contribution in [0.15, 0.2) is 42.7 Å². The summed E-state index contributed by atoms with van der Waals surface area (Å²) in [5, 5.41) is 11.3. The van der Waals surface area contributed by atoms with Crippen molar-refractivity contribution in [2.75, 3.05) is 0 Å². The van der Waals surface area contributed by atoms with E-state index in [2.05, 4.69) is 20.5 Å². The van der Waals surface area contributed by atoms with Gasteiger partial charge >= 0.3 is 0 Å². The fourth-order valence-electron chi connectivity index (χ4n) is 2.57. The summed E-state index contributed by atoms with van der Waals surface area (Å²) >= 11 is 0. The van der Waals surface area contributed by atoms with Crippen LogP contribution in [-0.4, -0.2) is 25.5 Å². The molecule has 4 rings (SSSR count). The minimum atomic E-state index is -0.122. The summed E-state index contributed by atoms with van der Waals surface area (Å²) < 4.78 is 1.92. The van der Waals surface area contributed by atoms with Crippen LogP contribution in [0.5, 0.6) is 0 Å². The number of hydrogen-bond acceptors (Lipinski definition) is 4. The van der Waals surface area contributed by atoms with Crippen LogP contribution in [0.4, 0.5) is 0 Å². The average molecular weight is 307 g/mol. The van der Waals surface area contributed by atoms with Crippen LogP contribution in [0.25, 0.3) is 5.65 Å². The van der Waals surface area contributed by atoms with Crippen molar-refractivity contribution in [3.8, 4) is 0 Å². The van der Waals surface area contributed by atoms with Crippen molar-refractivity contribution in [3.63, 3.8) is 0 Å². The lowest BCUT2D eigenvalue weighted by Gasteiger charge is -2.06. The smallest absolute Gasteiger partial charge is 0.253 e. The first-order valence-electron chi connectivity index (χ1n) is 7.81. The van der Waals surface area contributed by atoms with Gasteiger partial charge in [0.25, 0.3) is 5.91 Å². The van der Waals surface area contributed by atoms with Crippen molar-refractivity contribution < 1.29 is 4.79 Å². The molecule has 0 saturated heterocycles. The van der Waals surface area contributed by atoms with Crippen LogP contribution in [0.3, 0.4) is 0 Å². The van der Waals surface area contributed by atoms with Gasteiger partial charge in [0.2, 0.25) is 0 Å². The molecule has 116 valence electrons. The Balaban J connectivity index is 1.52. The summed E-state index contributed by atoms with van der Waals surface area (Å²) in [7, 11) is 0. The predicted octanol–water partition coefficient (Wildman–Crippen LogP) is 2.01. The lowest BCUT2D eigenvalue weighted by molar-refractivity contribution is 0.0950. The number of hydrogen-bond donors (Lipinski definition) is 1. The van der Waals surface area contributed by atoms with Crippen molar-refractivity contribution in [2.45, 2.75) is 25.8 Å². The molecular weight excluding hydrogens is 290 g/mol. The largest absolute Gasteiger partial charge is 0.346 e. The van der Waals surface area contributed by atoms with E-state index >= 15 is 0 Å². The summed E-state index contributed by atoms with van der Waals surface area (Å²) in [5.41, 5.74) is 2.22. The van der Waals surface area contributed by atoms with Crippen molar-refractivity contribution in [1.29, 1.82) is 0 Å². The molecule has 3 heterocycles. The Bertz CT molecular complexity index is 839. The monoisotopic (exact) mass is 307 g/mol. The van der Waals surface area contributed by atoms with E-state index < -0.39 is 0 Å². The van der Waals surface area contributed by atoms with Gasteiger partial charge in [-0.1, -0.05) is 6.07 Å². The van der Waals surface area contributed by atoms with Gasteiger partial charge in [0.1, 0.15) is 5.82 Å². The summed E-state index contributed by atoms with van der Waals surface area (Å²) in [6.45, 7) is 0.412. The van der Waals surface area contributed by atoms with Crippen molar-refractivity contribution in [2.24, 2.45) is 5.92 Å². The van der Waals surface area contributed by atoms with Gasteiger partial charge in [0.05, 0.1) is 17.8 Å². The van der Waals surface area contributed by atoms with Gasteiger partial charge in [0, 0.05) is 18.8 Å². The molecule has 0 aliphatic heterocycles. The number of carbonyl (C=O) groups excluding carboxylic acids is 1. The SMILES string of the molecule is O=C(NCc1ccccn1)c1ccc2nnc(CC3CC3)n2c1. The molecule has 0 unspecified atom stereocenters. The van der Waals surface area contributed by atoms with Gasteiger partial charge < -0.3 is 5.32 Å². The number of amides is 1. The summed E-state index contributed by atoms with van der Waals surface area (Å²) in [6, 6.07) is 9.25. The Labute approximate surface area is 133 Å². The number of rotatable bonds is 5. The maximum atomic E-state index is 12.3. The molecule has 0 aromatic carbocycles. The van der Waals surface area contributed by atoms with Gasteiger partial charge in [-0.15, -0.1) is 10.2 Å². The lowest BCUT2D eigenvalue weighted by atomic mass is 10.2. The van der Waals surface area contributed by atoms with E-state index in [0.29, 0.717) is 12.1 Å². The first kappa shape index (κ1) is 13.9. The Hall–Kier alpha value is -2.76. The van der Waals surface area contributed by atoms with Gasteiger partial charge in [-0.2, -0.15) is 0 Å². The highest BCUT2D eigenvalue weighted by atomic mass is 16.1. The van der Waals surface area contributed by atoms with Gasteiger partial charge in [-0.3, -0.25) is 14.2 Å². The third kappa shape index (κ3) is 3.06. The molecule has 1 aliphatic carbocycles. The van der Waals surface area contributed by atoms with Gasteiger partial charge in [-0.25, -0.2) is 0 Å². The molecule has 1 N–H and O–H groups in total. The molecule has 23 heavy (non-hydrogen) atoms. The maximum absolute atomic E-state index is 12.3. The molecule has 1 aliphatic rings. The standard InChI is InChI=1S/C17H17N5O/c23-17(19-10-14-3-1-2-8-18-14)13-6-7-15-20-21-16(22(15)11-13)9-12-4-5-12/h1-3,6-8,11-12H,4-5,9-10H2,(H,19,23). The second-order valence-corrected chi connectivity index (χ2v) is 5.91. The number of nitrogens with zero attached hydrogens (tertiary/aromatic N) is 4. The zero-order valence-electron chi connectivity index (χ0n) is 12.6. The zero-order chi connectivity index (χ0) is 15.6. The summed E-state index contributed by atoms with van der Waals surface area (Å²) in [5.74, 6) is 1.54. The van der Waals surface area contributed by atoms with Crippen LogP contribution in [-0.2, 0) is 13.0 Å². The minimum absolute atomic E-state index is 0.122. The second kappa shape index (κ2) is 5.79. The molecule has 6 nitrogen and oxygen atoms in total. The fraction of sp³-hybridized carbons (Fsp3) is 0.294. The second-order valence-electron chi connectivity index (χ2n) is 5.91. The molecule has 6 heteroatoms. The Morgan fingerprint density at radius 3 is 2.91 bits per heavy atom. The first-order valence-corrected chi connectivity index (χ1v) is 7.81. The van der Waals surface area contributed by atoms with Crippen molar-refractivity contribution in [1.82, 2.24) is 24.9 Å². The van der Waals surface area contributed by atoms with Crippen LogP contribution < -0.4 is 5.32 Å². The van der Waals surface area contributed by atoms with E-state index in [4.69, 9.17) is 0 Å². The zero-order valence-corrected chi connectivity index (χ0v) is 12.6. The van der Waals surface area contributed by atoms with Crippen molar-refractivity contribution in [3.05, 3.63) is 59.8 Å². The van der Waals surface area contributed by atoms with E-state index in [-0.39, 0.29) is 5.91 Å². The molecule has 0 bridgehead atoms. The van der Waals surface area contributed by atoms with E-state index in [0.717, 1.165) is 29.5 Å². The van der Waals surface area contributed by atoms with E-state index in [9.17, 15) is 4.79 Å². The molecule has 0 atom stereocenters. The number of fused-ring (bicyclic) bond motifs is 1. The topological polar surface area (TPSA) is 72.2 Å². The highest BCUT2D eigenvalue weighted by Gasteiger charge is 2.24. The first-order chi connectivity index (χ1) is 11.3. The van der Waals surface area contributed by atoms with Crippen LogP contribution >= 0.6 is 0 Å². The van der Waals surface area contributed by atoms with E-state index in [1.807, 2.05) is 34.9 Å². The van der Waals surface area contributed by atoms with Gasteiger partial charge in [-0.05, 0) is 43.0 Å². The quantitative estimate of drug-likeness (QED) is 0.782. The summed E-state index contributed by atoms with van der Waals surface area (Å²) in [4.78, 5) is 16.5. The maximum Gasteiger partial charge on any atom is 0.253 e. The van der Waals surface area contributed by atoms with E-state index in [1.165, 1.54) is 12.8 Å². The molecule has 0 radical (unpaired) electrons. The van der Waals surface area contributed by atoms with Crippen molar-refractivity contribution >= 4 is 11.6 Å². The van der Waals surface area contributed by atoms with Crippen LogP contribution in [0.1, 0.15) is 34.7 Å². The molecule has 3 aromatic rings. The highest BCUT2D eigenvalue weighted by Crippen LogP contribution is 2.32. The summed E-state index contributed by atoms with van der Waals surface area (Å²) in [6.07, 6.45) is 6.99. The predicted molar refractivity (Wildman–Crippen MR) is 84.8 cm³/mol. The Kier molecular flexibility index (Phi) is 3.49. The van der Waals surface area contributed by atoms with Crippen LogP contribution in [0.2, 0.25) is 0 Å². The Morgan fingerprint density at radius 2 is 2.13 bits per heavy atom. The minimum Gasteiger partial charge on any atom is -0.346 e. The fourth-order valence-corrected chi connectivity index (χ4v) is 2.57. The number of carbonyl (C=O) groups is 1. The number of pyridine rings is 2. The molecule has 1 fully saturated rings. The lowest BCUT2D eigenvalue weighted by Crippen LogP contribution is -2.23. The van der Waals surface area contributed by atoms with Crippen LogP contribution in [0, 0.1) is 5.92 Å². The third-order valence-corrected chi connectivity index (χ3v) is 4.06. The molecule has 0 spiro atoms. The molecule has 1 saturated carbocycles. The Morgan fingerprint density at radius 1 is 1.22 bits per heavy atom. The van der Waals surface area contributed by atoms with Gasteiger partial charge in [0.15, 0.2) is 5.65 Å². The molecule has 1 amide bonds. The molecular formula is C17H17N5O. The number of aromatic nitrogens is 4. The molecule has 3 aromatic heterocycles. The number of nitrogens with one attached hydrogen (secondary N) is 1. The highest BCUT2D eigenvalue weighted by molar-refractivity contribution is 5.94. The normalized spacial score (nSPS) is 14.1. The van der Waals surface area contributed by atoms with E-state index in [1.54, 1.807) is 12.3 Å². The average Bonchev–Trinajstić information content (AvgIpc) is 3.33. The third-order valence-electron chi connectivity index (χ3n) is 4.06.